The Balaban J connectivity index is 1.87. The van der Waals surface area contributed by atoms with Crippen molar-refractivity contribution < 1.29 is 8.42 Å². The molecule has 0 radical (unpaired) electrons. The summed E-state index contributed by atoms with van der Waals surface area (Å²) in [6.07, 6.45) is 3.41. The van der Waals surface area contributed by atoms with Gasteiger partial charge in [0.25, 0.3) is 0 Å². The molecule has 0 bridgehead atoms. The molecule has 0 fully saturated rings. The number of aromatic nitrogens is 2. The Morgan fingerprint density at radius 2 is 1.57 bits per heavy atom. The Bertz CT molecular complexity index is 983. The lowest BCUT2D eigenvalue weighted by Crippen LogP contribution is -2.31. The van der Waals surface area contributed by atoms with Crippen LogP contribution in [-0.2, 0) is 23.1 Å². The van der Waals surface area contributed by atoms with E-state index in [0.29, 0.717) is 25.3 Å². The summed E-state index contributed by atoms with van der Waals surface area (Å²) >= 11 is 0. The van der Waals surface area contributed by atoms with Crippen molar-refractivity contribution in [3.8, 4) is 0 Å². The van der Waals surface area contributed by atoms with Crippen molar-refractivity contribution in [2.24, 2.45) is 0 Å². The van der Waals surface area contributed by atoms with Crippen molar-refractivity contribution in [2.45, 2.75) is 44.7 Å². The van der Waals surface area contributed by atoms with Crippen LogP contribution in [0, 0.1) is 6.92 Å². The summed E-state index contributed by atoms with van der Waals surface area (Å²) in [6.45, 7) is 5.24. The van der Waals surface area contributed by atoms with Crippen LogP contribution in [0.2, 0.25) is 0 Å². The van der Waals surface area contributed by atoms with E-state index in [1.807, 2.05) is 60.7 Å². The molecule has 148 valence electrons. The zero-order valence-electron chi connectivity index (χ0n) is 16.5. The van der Waals surface area contributed by atoms with Gasteiger partial charge in [0.15, 0.2) is 0 Å². The molecule has 6 heteroatoms. The molecule has 0 aliphatic rings. The van der Waals surface area contributed by atoms with Gasteiger partial charge in [-0.15, -0.1) is 0 Å². The van der Waals surface area contributed by atoms with Crippen molar-refractivity contribution in [1.29, 1.82) is 0 Å². The predicted octanol–water partition coefficient (Wildman–Crippen LogP) is 4.23. The first-order valence-electron chi connectivity index (χ1n) is 9.62. The molecular weight excluding hydrogens is 370 g/mol. The lowest BCUT2D eigenvalue weighted by molar-refractivity contribution is 0.397. The van der Waals surface area contributed by atoms with Gasteiger partial charge in [0.1, 0.15) is 4.90 Å². The zero-order chi connectivity index (χ0) is 20.0. The van der Waals surface area contributed by atoms with Crippen LogP contribution in [0.25, 0.3) is 0 Å². The van der Waals surface area contributed by atoms with E-state index in [1.54, 1.807) is 22.1 Å². The minimum atomic E-state index is -3.62. The first-order valence-corrected chi connectivity index (χ1v) is 11.1. The highest BCUT2D eigenvalue weighted by molar-refractivity contribution is 7.89. The molecule has 0 aliphatic carbocycles. The molecular formula is C22H27N3O2S. The molecule has 0 spiro atoms. The topological polar surface area (TPSA) is 55.2 Å². The maximum Gasteiger partial charge on any atom is 0.246 e. The van der Waals surface area contributed by atoms with Gasteiger partial charge in [-0.2, -0.15) is 9.40 Å². The third kappa shape index (κ3) is 4.88. The second kappa shape index (κ2) is 9.17. The molecule has 0 unspecified atom stereocenters. The van der Waals surface area contributed by atoms with Crippen molar-refractivity contribution in [2.75, 3.05) is 6.54 Å². The number of rotatable bonds is 9. The maximum atomic E-state index is 13.4. The molecule has 1 heterocycles. The smallest absolute Gasteiger partial charge is 0.246 e. The van der Waals surface area contributed by atoms with Crippen LogP contribution < -0.4 is 0 Å². The van der Waals surface area contributed by atoms with E-state index >= 15 is 0 Å². The first-order chi connectivity index (χ1) is 13.5. The van der Waals surface area contributed by atoms with E-state index < -0.39 is 10.0 Å². The van der Waals surface area contributed by atoms with Crippen LogP contribution >= 0.6 is 0 Å². The number of sulfonamides is 1. The van der Waals surface area contributed by atoms with Gasteiger partial charge in [-0.3, -0.25) is 4.68 Å². The third-order valence-corrected chi connectivity index (χ3v) is 6.62. The summed E-state index contributed by atoms with van der Waals surface area (Å²) in [5.74, 6) is 0. The van der Waals surface area contributed by atoms with E-state index in [9.17, 15) is 8.42 Å². The summed E-state index contributed by atoms with van der Waals surface area (Å²) in [5, 5.41) is 4.45. The van der Waals surface area contributed by atoms with Crippen molar-refractivity contribution in [3.63, 3.8) is 0 Å². The lowest BCUT2D eigenvalue weighted by atomic mass is 10.2. The van der Waals surface area contributed by atoms with Gasteiger partial charge < -0.3 is 0 Å². The molecule has 2 aromatic carbocycles. The summed E-state index contributed by atoms with van der Waals surface area (Å²) in [7, 11) is -3.62. The van der Waals surface area contributed by atoms with Gasteiger partial charge in [0.2, 0.25) is 10.0 Å². The maximum absolute atomic E-state index is 13.4. The minimum Gasteiger partial charge on any atom is -0.267 e. The van der Waals surface area contributed by atoms with Crippen molar-refractivity contribution >= 4 is 10.0 Å². The second-order valence-corrected chi connectivity index (χ2v) is 8.85. The fourth-order valence-electron chi connectivity index (χ4n) is 3.15. The molecule has 3 aromatic rings. The predicted molar refractivity (Wildman–Crippen MR) is 111 cm³/mol. The number of hydrogen-bond acceptors (Lipinski definition) is 3. The number of hydrogen-bond donors (Lipinski definition) is 0. The number of benzene rings is 2. The normalized spacial score (nSPS) is 11.8. The van der Waals surface area contributed by atoms with Gasteiger partial charge in [-0.05, 0) is 24.5 Å². The molecule has 0 aliphatic heterocycles. The van der Waals surface area contributed by atoms with Crippen LogP contribution in [0.3, 0.4) is 0 Å². The summed E-state index contributed by atoms with van der Waals surface area (Å²) in [5.41, 5.74) is 2.60. The molecule has 5 nitrogen and oxygen atoms in total. The molecule has 3 rings (SSSR count). The molecule has 0 N–H and O–H groups in total. The number of aryl methyl sites for hydroxylation is 1. The van der Waals surface area contributed by atoms with Crippen molar-refractivity contribution in [3.05, 3.63) is 83.7 Å². The molecule has 0 atom stereocenters. The van der Waals surface area contributed by atoms with Crippen LogP contribution in [-0.4, -0.2) is 29.0 Å². The molecule has 0 saturated carbocycles. The Morgan fingerprint density at radius 1 is 0.964 bits per heavy atom. The molecule has 0 amide bonds. The fourth-order valence-corrected chi connectivity index (χ4v) is 4.78. The van der Waals surface area contributed by atoms with Crippen LogP contribution in [0.1, 0.15) is 36.6 Å². The van der Waals surface area contributed by atoms with Gasteiger partial charge in [0, 0.05) is 19.3 Å². The lowest BCUT2D eigenvalue weighted by Gasteiger charge is -2.21. The Morgan fingerprint density at radius 3 is 2.18 bits per heavy atom. The molecule has 1 aromatic heterocycles. The van der Waals surface area contributed by atoms with Crippen molar-refractivity contribution in [1.82, 2.24) is 14.1 Å². The Kier molecular flexibility index (Phi) is 6.65. The zero-order valence-corrected chi connectivity index (χ0v) is 17.3. The van der Waals surface area contributed by atoms with Gasteiger partial charge in [-0.25, -0.2) is 8.42 Å². The van der Waals surface area contributed by atoms with E-state index in [0.717, 1.165) is 24.0 Å². The SMILES string of the molecule is CCCCN(Cc1ccccc1)S(=O)(=O)c1cn(Cc2ccccc2)nc1C. The summed E-state index contributed by atoms with van der Waals surface area (Å²) < 4.78 is 30.1. The highest BCUT2D eigenvalue weighted by atomic mass is 32.2. The van der Waals surface area contributed by atoms with Crippen LogP contribution in [0.4, 0.5) is 0 Å². The second-order valence-electron chi connectivity index (χ2n) is 6.94. The highest BCUT2D eigenvalue weighted by Gasteiger charge is 2.28. The highest BCUT2D eigenvalue weighted by Crippen LogP contribution is 2.22. The van der Waals surface area contributed by atoms with E-state index in [-0.39, 0.29) is 4.90 Å². The standard InChI is InChI=1S/C22H27N3O2S/c1-3-4-15-25(17-21-13-9-6-10-14-21)28(26,27)22-18-24(23-19(22)2)16-20-11-7-5-8-12-20/h5-14,18H,3-4,15-17H2,1-2H3. The molecule has 28 heavy (non-hydrogen) atoms. The van der Waals surface area contributed by atoms with Crippen LogP contribution in [0.15, 0.2) is 71.8 Å². The quantitative estimate of drug-likeness (QED) is 0.543. The summed E-state index contributed by atoms with van der Waals surface area (Å²) in [6, 6.07) is 19.6. The van der Waals surface area contributed by atoms with Crippen LogP contribution in [0.5, 0.6) is 0 Å². The Hall–Kier alpha value is -2.44. The first kappa shape index (κ1) is 20.3. The van der Waals surface area contributed by atoms with Gasteiger partial charge in [0.05, 0.1) is 12.2 Å². The number of unbranched alkanes of at least 4 members (excludes halogenated alkanes) is 1. The Labute approximate surface area is 167 Å². The monoisotopic (exact) mass is 397 g/mol. The van der Waals surface area contributed by atoms with Gasteiger partial charge >= 0.3 is 0 Å². The third-order valence-electron chi connectivity index (χ3n) is 4.67. The fraction of sp³-hybridized carbons (Fsp3) is 0.318. The van der Waals surface area contributed by atoms with E-state index in [1.165, 1.54) is 0 Å². The average molecular weight is 398 g/mol. The largest absolute Gasteiger partial charge is 0.267 e. The number of nitrogens with zero attached hydrogens (tertiary/aromatic N) is 3. The average Bonchev–Trinajstić information content (AvgIpc) is 3.07. The van der Waals surface area contributed by atoms with E-state index in [2.05, 4.69) is 12.0 Å². The minimum absolute atomic E-state index is 0.287. The molecule has 0 saturated heterocycles. The van der Waals surface area contributed by atoms with E-state index in [4.69, 9.17) is 0 Å². The van der Waals surface area contributed by atoms with Gasteiger partial charge in [-0.1, -0.05) is 74.0 Å². The summed E-state index contributed by atoms with van der Waals surface area (Å²) in [4.78, 5) is 0.287.